The normalized spacial score (nSPS) is 20.0. The molecule has 2 aliphatic rings. The number of carbonyl (C=O) groups is 5. The fraction of sp³-hybridized carbons (Fsp3) is 0.720. The van der Waals surface area contributed by atoms with Crippen molar-refractivity contribution in [2.24, 2.45) is 38.7 Å². The molecule has 13 N–H and O–H groups in total. The van der Waals surface area contributed by atoms with E-state index in [9.17, 15) is 29.1 Å². The molecule has 0 aromatic heterocycles. The van der Waals surface area contributed by atoms with Gasteiger partial charge in [-0.15, -0.1) is 0 Å². The van der Waals surface area contributed by atoms with Crippen LogP contribution in [0.1, 0.15) is 51.4 Å². The van der Waals surface area contributed by atoms with Gasteiger partial charge in [0.05, 0.1) is 6.04 Å². The third-order valence-electron chi connectivity index (χ3n) is 7.31. The number of hydrogen-bond donors (Lipinski definition) is 9. The predicted octanol–water partition coefficient (Wildman–Crippen LogP) is -3.61. The minimum atomic E-state index is -1.22. The topological polar surface area (TPSA) is 291 Å². The Morgan fingerprint density at radius 2 is 1.37 bits per heavy atom. The highest BCUT2D eigenvalue weighted by atomic mass is 32.1. The maximum atomic E-state index is 13.7. The summed E-state index contributed by atoms with van der Waals surface area (Å²) < 4.78 is 0. The second-order valence-electron chi connectivity index (χ2n) is 10.5. The average Bonchev–Trinajstić information content (AvgIpc) is 3.65. The van der Waals surface area contributed by atoms with Gasteiger partial charge in [-0.1, -0.05) is 0 Å². The van der Waals surface area contributed by atoms with Gasteiger partial charge in [-0.3, -0.25) is 29.2 Å². The summed E-state index contributed by atoms with van der Waals surface area (Å²) in [6.45, 7) is 1.01. The summed E-state index contributed by atoms with van der Waals surface area (Å²) in [5.41, 5.74) is 27.1. The molecule has 242 valence electrons. The van der Waals surface area contributed by atoms with Gasteiger partial charge in [-0.05, 0) is 51.4 Å². The first kappa shape index (κ1) is 35.4. The van der Waals surface area contributed by atoms with Gasteiger partial charge in [-0.25, -0.2) is 4.79 Å². The van der Waals surface area contributed by atoms with E-state index in [1.165, 1.54) is 9.80 Å². The summed E-state index contributed by atoms with van der Waals surface area (Å²) in [5.74, 6) is -3.35. The molecule has 4 amide bonds. The molecule has 2 rings (SSSR count). The number of rotatable bonds is 16. The Bertz CT molecular complexity index is 1070. The molecule has 5 atom stereocenters. The van der Waals surface area contributed by atoms with Crippen LogP contribution in [0.5, 0.6) is 0 Å². The molecule has 2 fully saturated rings. The second-order valence-corrected chi connectivity index (χ2v) is 10.9. The minimum absolute atomic E-state index is 0.0724. The van der Waals surface area contributed by atoms with Crippen molar-refractivity contribution in [2.45, 2.75) is 81.6 Å². The summed E-state index contributed by atoms with van der Waals surface area (Å²) in [5, 5.41) is 14.8. The van der Waals surface area contributed by atoms with E-state index in [0.717, 1.165) is 0 Å². The summed E-state index contributed by atoms with van der Waals surface area (Å²) in [6, 6.07) is -4.82. The summed E-state index contributed by atoms with van der Waals surface area (Å²) in [7, 11) is 0. The largest absolute Gasteiger partial charge is 0.480 e. The highest BCUT2D eigenvalue weighted by molar-refractivity contribution is 7.80. The molecule has 0 bridgehead atoms. The van der Waals surface area contributed by atoms with Crippen molar-refractivity contribution in [3.05, 3.63) is 0 Å². The number of carboxylic acid groups (broad SMARTS) is 1. The number of likely N-dealkylation sites (tertiary alicyclic amines) is 2. The number of hydrogen-bond acceptors (Lipinski definition) is 9. The number of guanidine groups is 2. The van der Waals surface area contributed by atoms with Crippen molar-refractivity contribution in [3.8, 4) is 0 Å². The lowest BCUT2D eigenvalue weighted by Gasteiger charge is -2.33. The van der Waals surface area contributed by atoms with Crippen LogP contribution in [-0.2, 0) is 24.0 Å². The first-order valence-corrected chi connectivity index (χ1v) is 14.9. The Morgan fingerprint density at radius 1 is 0.837 bits per heavy atom. The van der Waals surface area contributed by atoms with Gasteiger partial charge in [0.25, 0.3) is 0 Å². The molecular formula is C25H45N11O6S. The number of aliphatic carboxylic acids is 1. The standard InChI is InChI=1S/C25H45N11O6S/c26-14(13-43)19(37)33-15(5-1-9-31-24(27)28)21(39)36-12-4-8-18(36)22(40)35-11-3-7-17(35)20(38)34-16(23(41)42)6-2-10-32-25(29)30/h14-18,43H,1-13,26H2,(H,33,37)(H,34,38)(H,41,42)(H4,27,28,31)(H4,29,30,32)/t14-,15-,16-,17-,18-/m0/s1. The van der Waals surface area contributed by atoms with E-state index in [-0.39, 0.29) is 56.7 Å². The van der Waals surface area contributed by atoms with E-state index < -0.39 is 59.8 Å². The maximum Gasteiger partial charge on any atom is 0.326 e. The molecule has 0 spiro atoms. The Labute approximate surface area is 255 Å². The van der Waals surface area contributed by atoms with Crippen molar-refractivity contribution in [2.75, 3.05) is 31.9 Å². The minimum Gasteiger partial charge on any atom is -0.480 e. The predicted molar refractivity (Wildman–Crippen MR) is 163 cm³/mol. The zero-order chi connectivity index (χ0) is 32.1. The van der Waals surface area contributed by atoms with Gasteiger partial charge in [-0.2, -0.15) is 12.6 Å². The fourth-order valence-electron chi connectivity index (χ4n) is 5.13. The number of nitrogens with two attached hydrogens (primary N) is 5. The molecule has 2 saturated heterocycles. The van der Waals surface area contributed by atoms with Gasteiger partial charge < -0.3 is 54.2 Å². The molecule has 43 heavy (non-hydrogen) atoms. The summed E-state index contributed by atoms with van der Waals surface area (Å²) in [6.07, 6.45) is 2.81. The van der Waals surface area contributed by atoms with Crippen molar-refractivity contribution in [1.29, 1.82) is 0 Å². The summed E-state index contributed by atoms with van der Waals surface area (Å²) in [4.78, 5) is 75.4. The van der Waals surface area contributed by atoms with Gasteiger partial charge in [0, 0.05) is 31.9 Å². The second kappa shape index (κ2) is 17.3. The smallest absolute Gasteiger partial charge is 0.326 e. The van der Waals surface area contributed by atoms with Crippen LogP contribution in [0, 0.1) is 0 Å². The van der Waals surface area contributed by atoms with Crippen molar-refractivity contribution in [1.82, 2.24) is 20.4 Å². The number of aliphatic imine (C=N–C) groups is 2. The zero-order valence-corrected chi connectivity index (χ0v) is 25.1. The van der Waals surface area contributed by atoms with Crippen molar-refractivity contribution < 1.29 is 29.1 Å². The van der Waals surface area contributed by atoms with E-state index in [4.69, 9.17) is 28.7 Å². The number of carboxylic acids is 1. The highest BCUT2D eigenvalue weighted by Crippen LogP contribution is 2.26. The van der Waals surface area contributed by atoms with E-state index >= 15 is 0 Å². The number of thiol groups is 1. The van der Waals surface area contributed by atoms with Crippen LogP contribution in [-0.4, -0.2) is 119 Å². The number of nitrogens with zero attached hydrogens (tertiary/aromatic N) is 4. The molecule has 2 aliphatic heterocycles. The molecule has 0 aliphatic carbocycles. The summed E-state index contributed by atoms with van der Waals surface area (Å²) >= 11 is 4.04. The van der Waals surface area contributed by atoms with Crippen LogP contribution in [0.25, 0.3) is 0 Å². The first-order chi connectivity index (χ1) is 20.4. The van der Waals surface area contributed by atoms with Crippen LogP contribution in [0.2, 0.25) is 0 Å². The molecule has 0 saturated carbocycles. The van der Waals surface area contributed by atoms with Gasteiger partial charge in [0.15, 0.2) is 11.9 Å². The molecule has 18 heteroatoms. The molecule has 0 aromatic rings. The van der Waals surface area contributed by atoms with E-state index in [0.29, 0.717) is 38.5 Å². The lowest BCUT2D eigenvalue weighted by molar-refractivity contribution is -0.148. The van der Waals surface area contributed by atoms with Gasteiger partial charge >= 0.3 is 5.97 Å². The maximum absolute atomic E-state index is 13.7. The molecular weight excluding hydrogens is 582 g/mol. The van der Waals surface area contributed by atoms with Crippen LogP contribution in [0.4, 0.5) is 0 Å². The molecule has 0 radical (unpaired) electrons. The first-order valence-electron chi connectivity index (χ1n) is 14.3. The molecule has 17 nitrogen and oxygen atoms in total. The van der Waals surface area contributed by atoms with Crippen molar-refractivity contribution >= 4 is 54.1 Å². The molecule has 2 heterocycles. The molecule has 0 unspecified atom stereocenters. The average molecular weight is 628 g/mol. The van der Waals surface area contributed by atoms with Crippen LogP contribution in [0.3, 0.4) is 0 Å². The van der Waals surface area contributed by atoms with Gasteiger partial charge in [0.2, 0.25) is 23.6 Å². The fourth-order valence-corrected chi connectivity index (χ4v) is 5.30. The van der Waals surface area contributed by atoms with Crippen LogP contribution < -0.4 is 39.3 Å². The van der Waals surface area contributed by atoms with Crippen molar-refractivity contribution in [3.63, 3.8) is 0 Å². The Kier molecular flexibility index (Phi) is 14.3. The third-order valence-corrected chi connectivity index (χ3v) is 7.71. The zero-order valence-electron chi connectivity index (χ0n) is 24.2. The third kappa shape index (κ3) is 10.8. The Balaban J connectivity index is 2.13. The van der Waals surface area contributed by atoms with Crippen LogP contribution >= 0.6 is 12.6 Å². The van der Waals surface area contributed by atoms with Crippen LogP contribution in [0.15, 0.2) is 9.98 Å². The number of amides is 4. The van der Waals surface area contributed by atoms with Gasteiger partial charge in [0.1, 0.15) is 24.2 Å². The highest BCUT2D eigenvalue weighted by Gasteiger charge is 2.44. The van der Waals surface area contributed by atoms with E-state index in [1.54, 1.807) is 0 Å². The monoisotopic (exact) mass is 627 g/mol. The Hall–Kier alpha value is -3.80. The van der Waals surface area contributed by atoms with E-state index in [1.807, 2.05) is 0 Å². The SMILES string of the molecule is NC(N)=NCCC[C@H](NC(=O)[C@@H]1CCCN1C(=O)[C@@H]1CCCN1C(=O)[C@H](CCCN=C(N)N)NC(=O)[C@@H](N)CS)C(=O)O. The number of nitrogens with one attached hydrogen (secondary N) is 2. The molecule has 0 aromatic carbocycles. The lowest BCUT2D eigenvalue weighted by Crippen LogP contribution is -2.58. The van der Waals surface area contributed by atoms with E-state index in [2.05, 4.69) is 33.2 Å². The number of carbonyl (C=O) groups excluding carboxylic acids is 4. The quantitative estimate of drug-likeness (QED) is 0.0348. The lowest BCUT2D eigenvalue weighted by atomic mass is 10.1. The Morgan fingerprint density at radius 3 is 1.91 bits per heavy atom.